The van der Waals surface area contributed by atoms with Crippen LogP contribution in [0.15, 0.2) is 41.3 Å². The summed E-state index contributed by atoms with van der Waals surface area (Å²) in [6.45, 7) is 1.33. The van der Waals surface area contributed by atoms with E-state index in [0.717, 1.165) is 33.4 Å². The Bertz CT molecular complexity index is 1120. The molecule has 3 aliphatic rings. The normalized spacial score (nSPS) is 20.7. The second kappa shape index (κ2) is 6.21. The maximum absolute atomic E-state index is 11.3. The summed E-state index contributed by atoms with van der Waals surface area (Å²) in [5.41, 5.74) is 3.02. The van der Waals surface area contributed by atoms with Crippen LogP contribution in [0.2, 0.25) is 0 Å². The number of anilines is 1. The Morgan fingerprint density at radius 1 is 1.29 bits per heavy atom. The van der Waals surface area contributed by atoms with Crippen LogP contribution in [0.3, 0.4) is 0 Å². The van der Waals surface area contributed by atoms with Crippen LogP contribution in [0.5, 0.6) is 0 Å². The Morgan fingerprint density at radius 3 is 2.71 bits per heavy atom. The van der Waals surface area contributed by atoms with Crippen molar-refractivity contribution in [2.24, 2.45) is 0 Å². The topological polar surface area (TPSA) is 97.8 Å². The fourth-order valence-corrected chi connectivity index (χ4v) is 4.66. The van der Waals surface area contributed by atoms with Crippen molar-refractivity contribution in [1.29, 1.82) is 5.26 Å². The zero-order valence-corrected chi connectivity index (χ0v) is 16.2. The number of pyridine rings is 2. The summed E-state index contributed by atoms with van der Waals surface area (Å²) in [4.78, 5) is 19.6. The third kappa shape index (κ3) is 2.52. The summed E-state index contributed by atoms with van der Waals surface area (Å²) in [5, 5.41) is 22.9. The van der Waals surface area contributed by atoms with Gasteiger partial charge in [0.1, 0.15) is 11.9 Å². The third-order valence-electron chi connectivity index (χ3n) is 5.50. The Labute approximate surface area is 168 Å². The van der Waals surface area contributed by atoms with Gasteiger partial charge < -0.3 is 10.0 Å². The van der Waals surface area contributed by atoms with E-state index in [1.807, 2.05) is 24.4 Å². The SMILES string of the molecule is N#Cc1cnn2cc(Br)cc(-c3ccc(N4CC5CC(C4)N5C(=O)O)nc3)c12. The molecule has 3 saturated heterocycles. The second-order valence-electron chi connectivity index (χ2n) is 7.08. The molecule has 1 N–H and O–H groups in total. The summed E-state index contributed by atoms with van der Waals surface area (Å²) < 4.78 is 2.54. The molecule has 28 heavy (non-hydrogen) atoms. The largest absolute Gasteiger partial charge is 0.465 e. The molecule has 9 heteroatoms. The summed E-state index contributed by atoms with van der Waals surface area (Å²) in [6, 6.07) is 8.17. The fourth-order valence-electron chi connectivity index (χ4n) is 4.23. The van der Waals surface area contributed by atoms with Gasteiger partial charge >= 0.3 is 6.09 Å². The molecule has 8 nitrogen and oxygen atoms in total. The second-order valence-corrected chi connectivity index (χ2v) is 7.99. The summed E-state index contributed by atoms with van der Waals surface area (Å²) in [6.07, 6.45) is 5.25. The quantitative estimate of drug-likeness (QED) is 0.660. The Kier molecular flexibility index (Phi) is 3.77. The fraction of sp³-hybridized carbons (Fsp3) is 0.263. The number of piperazine rings is 1. The first-order chi connectivity index (χ1) is 13.5. The van der Waals surface area contributed by atoms with Gasteiger partial charge in [0, 0.05) is 41.1 Å². The van der Waals surface area contributed by atoms with E-state index in [1.54, 1.807) is 21.8 Å². The van der Waals surface area contributed by atoms with Gasteiger partial charge in [0.25, 0.3) is 0 Å². The van der Waals surface area contributed by atoms with Crippen LogP contribution in [-0.4, -0.2) is 55.9 Å². The number of hydrogen-bond acceptors (Lipinski definition) is 5. The molecular formula is C19H15BrN6O2. The summed E-state index contributed by atoms with van der Waals surface area (Å²) in [5.74, 6) is 0.837. The Morgan fingerprint density at radius 2 is 2.07 bits per heavy atom. The molecule has 3 aliphatic heterocycles. The van der Waals surface area contributed by atoms with E-state index in [-0.39, 0.29) is 12.1 Å². The molecule has 140 valence electrons. The lowest BCUT2D eigenvalue weighted by Gasteiger charge is -2.55. The molecule has 6 heterocycles. The minimum atomic E-state index is -0.836. The van der Waals surface area contributed by atoms with Crippen LogP contribution in [0.25, 0.3) is 16.6 Å². The summed E-state index contributed by atoms with van der Waals surface area (Å²) >= 11 is 3.49. The number of nitriles is 1. The van der Waals surface area contributed by atoms with Gasteiger partial charge in [-0.2, -0.15) is 10.4 Å². The highest BCUT2D eigenvalue weighted by molar-refractivity contribution is 9.10. The zero-order valence-electron chi connectivity index (χ0n) is 14.7. The average Bonchev–Trinajstić information content (AvgIpc) is 3.10. The first-order valence-electron chi connectivity index (χ1n) is 8.85. The molecular weight excluding hydrogens is 424 g/mol. The standard InChI is InChI=1S/C19H15BrN6O2/c20-13-3-16(18-12(5-21)7-23-25(18)8-13)11-1-2-17(22-6-11)24-9-14-4-15(10-24)26(14)19(27)28/h1-3,6-8,14-15H,4,9-10H2,(H,27,28). The van der Waals surface area contributed by atoms with Gasteiger partial charge in [-0.05, 0) is 40.5 Å². The van der Waals surface area contributed by atoms with Crippen molar-refractivity contribution in [3.8, 4) is 17.2 Å². The maximum atomic E-state index is 11.3. The first-order valence-corrected chi connectivity index (χ1v) is 9.64. The van der Waals surface area contributed by atoms with Gasteiger partial charge in [-0.3, -0.25) is 4.90 Å². The predicted molar refractivity (Wildman–Crippen MR) is 105 cm³/mol. The van der Waals surface area contributed by atoms with Gasteiger partial charge in [0.15, 0.2) is 0 Å². The van der Waals surface area contributed by atoms with E-state index in [2.05, 4.69) is 37.0 Å². The van der Waals surface area contributed by atoms with E-state index in [9.17, 15) is 15.2 Å². The van der Waals surface area contributed by atoms with Gasteiger partial charge in [-0.15, -0.1) is 0 Å². The van der Waals surface area contributed by atoms with E-state index >= 15 is 0 Å². The van der Waals surface area contributed by atoms with Crippen LogP contribution in [-0.2, 0) is 0 Å². The number of fused-ring (bicyclic) bond motifs is 3. The van der Waals surface area contributed by atoms with Crippen molar-refractivity contribution in [1.82, 2.24) is 19.5 Å². The molecule has 0 aliphatic carbocycles. The molecule has 1 amide bonds. The molecule has 2 unspecified atom stereocenters. The van der Waals surface area contributed by atoms with Gasteiger partial charge in [0.2, 0.25) is 0 Å². The van der Waals surface area contributed by atoms with E-state index in [0.29, 0.717) is 18.7 Å². The highest BCUT2D eigenvalue weighted by Gasteiger charge is 2.47. The van der Waals surface area contributed by atoms with Crippen LogP contribution < -0.4 is 4.90 Å². The number of hydrogen-bond donors (Lipinski definition) is 1. The maximum Gasteiger partial charge on any atom is 0.407 e. The predicted octanol–water partition coefficient (Wildman–Crippen LogP) is 2.97. The molecule has 0 saturated carbocycles. The van der Waals surface area contributed by atoms with Gasteiger partial charge in [-0.1, -0.05) is 0 Å². The number of aromatic nitrogens is 3. The van der Waals surface area contributed by atoms with E-state index in [1.165, 1.54) is 0 Å². The number of amides is 1. The highest BCUT2D eigenvalue weighted by atomic mass is 79.9. The lowest BCUT2D eigenvalue weighted by atomic mass is 9.88. The molecule has 3 aromatic heterocycles. The minimum Gasteiger partial charge on any atom is -0.465 e. The number of piperidine rings is 1. The molecule has 6 rings (SSSR count). The van der Waals surface area contributed by atoms with Gasteiger partial charge in [-0.25, -0.2) is 14.3 Å². The first kappa shape index (κ1) is 17.0. The lowest BCUT2D eigenvalue weighted by molar-refractivity contribution is 0.0112. The van der Waals surface area contributed by atoms with Crippen LogP contribution in [0.4, 0.5) is 10.6 Å². The monoisotopic (exact) mass is 438 g/mol. The zero-order chi connectivity index (χ0) is 19.4. The van der Waals surface area contributed by atoms with Crippen molar-refractivity contribution < 1.29 is 9.90 Å². The smallest absolute Gasteiger partial charge is 0.407 e. The lowest BCUT2D eigenvalue weighted by Crippen LogP contribution is -2.70. The van der Waals surface area contributed by atoms with Gasteiger partial charge in [0.05, 0.1) is 29.4 Å². The van der Waals surface area contributed by atoms with E-state index in [4.69, 9.17) is 0 Å². The van der Waals surface area contributed by atoms with Crippen molar-refractivity contribution in [3.63, 3.8) is 0 Å². The molecule has 2 bridgehead atoms. The molecule has 2 atom stereocenters. The van der Waals surface area contributed by atoms with Crippen LogP contribution >= 0.6 is 15.9 Å². The third-order valence-corrected chi connectivity index (χ3v) is 5.93. The van der Waals surface area contributed by atoms with Crippen molar-refractivity contribution in [2.75, 3.05) is 18.0 Å². The molecule has 3 aromatic rings. The average molecular weight is 439 g/mol. The number of rotatable bonds is 2. The van der Waals surface area contributed by atoms with Crippen LogP contribution in [0.1, 0.15) is 12.0 Å². The van der Waals surface area contributed by atoms with E-state index < -0.39 is 6.09 Å². The number of carbonyl (C=O) groups is 1. The Hall–Kier alpha value is -3.12. The number of carboxylic acid groups (broad SMARTS) is 1. The van der Waals surface area contributed by atoms with Crippen molar-refractivity contribution >= 4 is 33.4 Å². The van der Waals surface area contributed by atoms with Crippen molar-refractivity contribution in [3.05, 3.63) is 46.8 Å². The van der Waals surface area contributed by atoms with Crippen LogP contribution in [0, 0.1) is 11.3 Å². The minimum absolute atomic E-state index is 0.0485. The molecule has 0 radical (unpaired) electrons. The number of nitrogens with zero attached hydrogens (tertiary/aromatic N) is 6. The number of halogens is 1. The Balaban J connectivity index is 1.46. The highest BCUT2D eigenvalue weighted by Crippen LogP contribution is 2.35. The molecule has 0 aromatic carbocycles. The summed E-state index contributed by atoms with van der Waals surface area (Å²) in [7, 11) is 0. The van der Waals surface area contributed by atoms with Crippen molar-refractivity contribution in [2.45, 2.75) is 18.5 Å². The molecule has 0 spiro atoms. The molecule has 3 fully saturated rings.